The predicted octanol–water partition coefficient (Wildman–Crippen LogP) is 4.25. The topological polar surface area (TPSA) is 46.6 Å². The molecule has 150 valence electrons. The highest BCUT2D eigenvalue weighted by Crippen LogP contribution is 2.35. The number of likely N-dealkylation sites (tertiary alicyclic amines) is 1. The van der Waals surface area contributed by atoms with Crippen molar-refractivity contribution in [2.45, 2.75) is 45.7 Å². The van der Waals surface area contributed by atoms with Gasteiger partial charge in [-0.1, -0.05) is 32.9 Å². The molecule has 1 aromatic rings. The van der Waals surface area contributed by atoms with E-state index in [-0.39, 0.29) is 23.8 Å². The first-order valence-corrected chi connectivity index (χ1v) is 8.93. The molecule has 2 unspecified atom stereocenters. The Labute approximate surface area is 157 Å². The van der Waals surface area contributed by atoms with Crippen LogP contribution in [0, 0.1) is 11.3 Å². The van der Waals surface area contributed by atoms with E-state index in [4.69, 9.17) is 4.74 Å². The molecule has 0 N–H and O–H groups in total. The first kappa shape index (κ1) is 21.3. The molecule has 0 radical (unpaired) electrons. The Kier molecular flexibility index (Phi) is 6.22. The molecule has 27 heavy (non-hydrogen) atoms. The van der Waals surface area contributed by atoms with Gasteiger partial charge in [0.05, 0.1) is 18.6 Å². The van der Waals surface area contributed by atoms with E-state index in [0.29, 0.717) is 24.9 Å². The summed E-state index contributed by atoms with van der Waals surface area (Å²) in [4.78, 5) is 26.4. The van der Waals surface area contributed by atoms with Gasteiger partial charge >= 0.3 is 12.1 Å². The van der Waals surface area contributed by atoms with E-state index in [2.05, 4.69) is 0 Å². The molecule has 1 aromatic carbocycles. The normalized spacial score (nSPS) is 21.1. The molecule has 0 bridgehead atoms. The Morgan fingerprint density at radius 3 is 2.19 bits per heavy atom. The van der Waals surface area contributed by atoms with Crippen LogP contribution in [0.25, 0.3) is 0 Å². The van der Waals surface area contributed by atoms with Crippen LogP contribution in [0.5, 0.6) is 0 Å². The monoisotopic (exact) mass is 385 g/mol. The van der Waals surface area contributed by atoms with Crippen molar-refractivity contribution >= 4 is 11.9 Å². The summed E-state index contributed by atoms with van der Waals surface area (Å²) in [5, 5.41) is 0. The number of carbonyl (C=O) groups is 2. The molecule has 0 spiro atoms. The van der Waals surface area contributed by atoms with Crippen LogP contribution in [0.15, 0.2) is 24.3 Å². The number of halogens is 3. The highest BCUT2D eigenvalue weighted by Gasteiger charge is 2.36. The fraction of sp³-hybridized carbons (Fsp3) is 0.600. The fourth-order valence-corrected chi connectivity index (χ4v) is 3.39. The van der Waals surface area contributed by atoms with Crippen LogP contribution in [-0.2, 0) is 20.5 Å². The van der Waals surface area contributed by atoms with Crippen molar-refractivity contribution in [2.24, 2.45) is 11.3 Å². The molecule has 1 fully saturated rings. The lowest BCUT2D eigenvalue weighted by Gasteiger charge is -2.38. The highest BCUT2D eigenvalue weighted by molar-refractivity contribution is 5.79. The number of benzene rings is 1. The van der Waals surface area contributed by atoms with E-state index in [1.165, 1.54) is 19.2 Å². The van der Waals surface area contributed by atoms with Gasteiger partial charge in [0, 0.05) is 25.4 Å². The summed E-state index contributed by atoms with van der Waals surface area (Å²) in [7, 11) is 1.30. The Morgan fingerprint density at radius 1 is 1.11 bits per heavy atom. The van der Waals surface area contributed by atoms with E-state index in [0.717, 1.165) is 12.1 Å². The fourth-order valence-electron chi connectivity index (χ4n) is 3.39. The third kappa shape index (κ3) is 5.71. The molecular formula is C20H26F3NO3. The number of methoxy groups -OCH3 is 1. The average molecular weight is 385 g/mol. The minimum Gasteiger partial charge on any atom is -0.469 e. The van der Waals surface area contributed by atoms with Gasteiger partial charge in [-0.3, -0.25) is 9.59 Å². The lowest BCUT2D eigenvalue weighted by molar-refractivity contribution is -0.149. The quantitative estimate of drug-likeness (QED) is 0.731. The number of carbonyl (C=O) groups excluding carboxylic acids is 2. The van der Waals surface area contributed by atoms with Gasteiger partial charge in [-0.2, -0.15) is 13.2 Å². The number of hydrogen-bond acceptors (Lipinski definition) is 3. The van der Waals surface area contributed by atoms with Crippen LogP contribution in [-0.4, -0.2) is 37.0 Å². The maximum atomic E-state index is 12.8. The number of rotatable bonds is 3. The summed E-state index contributed by atoms with van der Waals surface area (Å²) in [6, 6.07) is 4.94. The molecule has 0 saturated carbocycles. The molecule has 1 amide bonds. The molecule has 4 nitrogen and oxygen atoms in total. The van der Waals surface area contributed by atoms with Crippen molar-refractivity contribution in [3.05, 3.63) is 35.4 Å². The van der Waals surface area contributed by atoms with Crippen molar-refractivity contribution in [2.75, 3.05) is 20.2 Å². The minimum atomic E-state index is -4.39. The van der Waals surface area contributed by atoms with Gasteiger partial charge in [-0.25, -0.2) is 0 Å². The second-order valence-corrected chi connectivity index (χ2v) is 8.31. The molecule has 1 saturated heterocycles. The molecule has 0 aromatic heterocycles. The van der Waals surface area contributed by atoms with Crippen LogP contribution < -0.4 is 0 Å². The zero-order chi connectivity index (χ0) is 20.4. The van der Waals surface area contributed by atoms with Gasteiger partial charge in [0.15, 0.2) is 0 Å². The molecule has 1 aliphatic heterocycles. The largest absolute Gasteiger partial charge is 0.469 e. The van der Waals surface area contributed by atoms with E-state index in [9.17, 15) is 22.8 Å². The Morgan fingerprint density at radius 2 is 1.70 bits per heavy atom. The lowest BCUT2D eigenvalue weighted by atomic mass is 9.83. The average Bonchev–Trinajstić information content (AvgIpc) is 2.58. The first-order valence-electron chi connectivity index (χ1n) is 8.93. The van der Waals surface area contributed by atoms with Gasteiger partial charge in [-0.15, -0.1) is 0 Å². The summed E-state index contributed by atoms with van der Waals surface area (Å²) in [6.45, 7) is 6.53. The lowest BCUT2D eigenvalue weighted by Crippen LogP contribution is -2.46. The van der Waals surface area contributed by atoms with Crippen LogP contribution in [0.2, 0.25) is 0 Å². The van der Waals surface area contributed by atoms with E-state index < -0.39 is 23.6 Å². The van der Waals surface area contributed by atoms with E-state index >= 15 is 0 Å². The Hall–Kier alpha value is -2.05. The number of amides is 1. The summed E-state index contributed by atoms with van der Waals surface area (Å²) >= 11 is 0. The zero-order valence-corrected chi connectivity index (χ0v) is 16.1. The maximum absolute atomic E-state index is 12.8. The maximum Gasteiger partial charge on any atom is 0.416 e. The van der Waals surface area contributed by atoms with Crippen molar-refractivity contribution in [3.63, 3.8) is 0 Å². The molecular weight excluding hydrogens is 359 g/mol. The third-order valence-corrected chi connectivity index (χ3v) is 4.73. The van der Waals surface area contributed by atoms with Crippen LogP contribution >= 0.6 is 0 Å². The Balaban J connectivity index is 2.24. The van der Waals surface area contributed by atoms with Gasteiger partial charge < -0.3 is 9.64 Å². The molecule has 1 aliphatic rings. The first-order chi connectivity index (χ1) is 12.4. The van der Waals surface area contributed by atoms with Crippen molar-refractivity contribution in [1.29, 1.82) is 0 Å². The van der Waals surface area contributed by atoms with E-state index in [1.54, 1.807) is 4.90 Å². The Bertz CT molecular complexity index is 677. The molecule has 1 heterocycles. The van der Waals surface area contributed by atoms with Crippen LogP contribution in [0.1, 0.15) is 50.7 Å². The third-order valence-electron chi connectivity index (χ3n) is 4.73. The number of alkyl halides is 3. The zero-order valence-electron chi connectivity index (χ0n) is 16.1. The highest BCUT2D eigenvalue weighted by atomic mass is 19.4. The smallest absolute Gasteiger partial charge is 0.416 e. The standard InChI is InChI=1S/C20H26F3NO3/c1-19(2,3)10-17(25)24-11-14(9-15(12-24)18(26)27-4)13-5-7-16(8-6-13)20(21,22)23/h5-8,14-15H,9-12H2,1-4H3. The second-order valence-electron chi connectivity index (χ2n) is 8.31. The SMILES string of the molecule is COC(=O)C1CC(c2ccc(C(F)(F)F)cc2)CN(C(=O)CC(C)(C)C)C1. The van der Waals surface area contributed by atoms with Gasteiger partial charge in [-0.05, 0) is 29.5 Å². The summed E-state index contributed by atoms with van der Waals surface area (Å²) in [5.74, 6) is -1.16. The van der Waals surface area contributed by atoms with Gasteiger partial charge in [0.2, 0.25) is 5.91 Å². The second kappa shape index (κ2) is 7.90. The molecule has 0 aliphatic carbocycles. The number of piperidine rings is 1. The summed E-state index contributed by atoms with van der Waals surface area (Å²) in [5.41, 5.74) is -0.225. The van der Waals surface area contributed by atoms with Crippen molar-refractivity contribution in [1.82, 2.24) is 4.90 Å². The van der Waals surface area contributed by atoms with Gasteiger partial charge in [0.25, 0.3) is 0 Å². The van der Waals surface area contributed by atoms with Crippen molar-refractivity contribution < 1.29 is 27.5 Å². The number of esters is 1. The van der Waals surface area contributed by atoms with Gasteiger partial charge in [0.1, 0.15) is 0 Å². The number of ether oxygens (including phenoxy) is 1. The minimum absolute atomic E-state index is 0.0620. The summed E-state index contributed by atoms with van der Waals surface area (Å²) < 4.78 is 43.2. The molecule has 7 heteroatoms. The summed E-state index contributed by atoms with van der Waals surface area (Å²) in [6.07, 6.45) is -3.62. The molecule has 2 atom stereocenters. The van der Waals surface area contributed by atoms with E-state index in [1.807, 2.05) is 20.8 Å². The van der Waals surface area contributed by atoms with Crippen LogP contribution in [0.4, 0.5) is 13.2 Å². The number of nitrogens with zero attached hydrogens (tertiary/aromatic N) is 1. The predicted molar refractivity (Wildman–Crippen MR) is 95.0 cm³/mol. The van der Waals surface area contributed by atoms with Crippen molar-refractivity contribution in [3.8, 4) is 0 Å². The molecule has 2 rings (SSSR count). The number of hydrogen-bond donors (Lipinski definition) is 0. The van der Waals surface area contributed by atoms with Crippen LogP contribution in [0.3, 0.4) is 0 Å².